The molecule has 1 aliphatic carbocycles. The first kappa shape index (κ1) is 13.1. The molecule has 0 aliphatic heterocycles. The van der Waals surface area contributed by atoms with Crippen LogP contribution < -0.4 is 5.32 Å². The van der Waals surface area contributed by atoms with Crippen LogP contribution in [0.4, 0.5) is 0 Å². The van der Waals surface area contributed by atoms with Gasteiger partial charge in [-0.05, 0) is 31.7 Å². The van der Waals surface area contributed by atoms with E-state index in [1.165, 1.54) is 0 Å². The Hall–Kier alpha value is -1.95. The maximum Gasteiger partial charge on any atom is 0.253 e. The number of carbonyl (C=O) groups is 1. The molecule has 1 unspecified atom stereocenters. The smallest absolute Gasteiger partial charge is 0.253 e. The van der Waals surface area contributed by atoms with E-state index >= 15 is 0 Å². The molecule has 0 bridgehead atoms. The van der Waals surface area contributed by atoms with Gasteiger partial charge in [0.1, 0.15) is 5.52 Å². The fourth-order valence-corrected chi connectivity index (χ4v) is 2.46. The van der Waals surface area contributed by atoms with Crippen molar-refractivity contribution >= 4 is 17.1 Å². The number of pyridine rings is 1. The lowest BCUT2D eigenvalue weighted by Gasteiger charge is -2.28. The predicted molar refractivity (Wildman–Crippen MR) is 74.2 cm³/mol. The van der Waals surface area contributed by atoms with E-state index < -0.39 is 5.54 Å². The van der Waals surface area contributed by atoms with Gasteiger partial charge in [0.05, 0.1) is 24.0 Å². The van der Waals surface area contributed by atoms with Crippen LogP contribution in [-0.2, 0) is 7.05 Å². The summed E-state index contributed by atoms with van der Waals surface area (Å²) < 4.78 is 1.80. The zero-order valence-corrected chi connectivity index (χ0v) is 11.6. The molecular weight excluding hydrogens is 256 g/mol. The van der Waals surface area contributed by atoms with Crippen molar-refractivity contribution < 1.29 is 9.90 Å². The molecule has 1 atom stereocenters. The van der Waals surface area contributed by atoms with Crippen LogP contribution in [0.2, 0.25) is 0 Å². The molecule has 0 spiro atoms. The van der Waals surface area contributed by atoms with Gasteiger partial charge in [-0.2, -0.15) is 0 Å². The van der Waals surface area contributed by atoms with Crippen LogP contribution in [0.1, 0.15) is 30.1 Å². The molecule has 2 aromatic heterocycles. The van der Waals surface area contributed by atoms with Crippen LogP contribution in [0, 0.1) is 5.92 Å². The van der Waals surface area contributed by atoms with Gasteiger partial charge in [-0.1, -0.05) is 0 Å². The minimum atomic E-state index is -0.545. The highest BCUT2D eigenvalue weighted by atomic mass is 16.3. The van der Waals surface area contributed by atoms with Crippen molar-refractivity contribution in [1.29, 1.82) is 0 Å². The van der Waals surface area contributed by atoms with Gasteiger partial charge in [0, 0.05) is 13.2 Å². The second-order valence-corrected chi connectivity index (χ2v) is 5.73. The van der Waals surface area contributed by atoms with Gasteiger partial charge < -0.3 is 15.0 Å². The number of hydrogen-bond acceptors (Lipinski definition) is 4. The SMILES string of the molecule is Cn1cnc2cc(C(=O)NC(C)(CO)C3CC3)cnc21. The van der Waals surface area contributed by atoms with E-state index in [-0.39, 0.29) is 12.5 Å². The first-order chi connectivity index (χ1) is 9.53. The molecule has 6 heteroatoms. The number of carbonyl (C=O) groups excluding carboxylic acids is 1. The molecule has 106 valence electrons. The number of aliphatic hydroxyl groups is 1. The Balaban J connectivity index is 1.84. The van der Waals surface area contributed by atoms with Crippen molar-refractivity contribution in [3.05, 3.63) is 24.2 Å². The van der Waals surface area contributed by atoms with Crippen LogP contribution in [-0.4, -0.2) is 37.7 Å². The molecule has 1 amide bonds. The van der Waals surface area contributed by atoms with Crippen molar-refractivity contribution in [2.24, 2.45) is 13.0 Å². The maximum absolute atomic E-state index is 12.3. The fourth-order valence-electron chi connectivity index (χ4n) is 2.46. The molecule has 1 aliphatic rings. The summed E-state index contributed by atoms with van der Waals surface area (Å²) in [5.74, 6) is 0.150. The Morgan fingerprint density at radius 1 is 1.55 bits per heavy atom. The monoisotopic (exact) mass is 274 g/mol. The lowest BCUT2D eigenvalue weighted by Crippen LogP contribution is -2.50. The standard InChI is InChI=1S/C14H18N4O2/c1-14(7-19,10-3-4-10)17-13(20)9-5-11-12(15-6-9)18(2)8-16-11/h5-6,8,10,19H,3-4,7H2,1-2H3,(H,17,20). The van der Waals surface area contributed by atoms with Crippen LogP contribution in [0.15, 0.2) is 18.6 Å². The third-order valence-electron chi connectivity index (χ3n) is 4.02. The van der Waals surface area contributed by atoms with Gasteiger partial charge in [-0.3, -0.25) is 4.79 Å². The molecule has 1 fully saturated rings. The highest BCUT2D eigenvalue weighted by Gasteiger charge is 2.42. The number of nitrogens with one attached hydrogen (secondary N) is 1. The van der Waals surface area contributed by atoms with Crippen LogP contribution in [0.25, 0.3) is 11.2 Å². The molecule has 3 rings (SSSR count). The van der Waals surface area contributed by atoms with Gasteiger partial charge in [-0.25, -0.2) is 9.97 Å². The quantitative estimate of drug-likeness (QED) is 0.866. The number of aromatic nitrogens is 3. The summed E-state index contributed by atoms with van der Waals surface area (Å²) in [6.45, 7) is 1.83. The summed E-state index contributed by atoms with van der Waals surface area (Å²) in [5, 5.41) is 12.4. The minimum Gasteiger partial charge on any atom is -0.394 e. The number of rotatable bonds is 4. The maximum atomic E-state index is 12.3. The number of fused-ring (bicyclic) bond motifs is 1. The normalized spacial score (nSPS) is 17.9. The summed E-state index contributed by atoms with van der Waals surface area (Å²) in [6, 6.07) is 1.72. The Kier molecular flexibility index (Phi) is 2.97. The first-order valence-corrected chi connectivity index (χ1v) is 6.74. The molecule has 2 heterocycles. The number of aryl methyl sites for hydroxylation is 1. The highest BCUT2D eigenvalue weighted by molar-refractivity contribution is 5.96. The summed E-state index contributed by atoms with van der Waals surface area (Å²) in [6.07, 6.45) is 5.31. The largest absolute Gasteiger partial charge is 0.394 e. The van der Waals surface area contributed by atoms with E-state index in [1.54, 1.807) is 23.2 Å². The van der Waals surface area contributed by atoms with E-state index in [9.17, 15) is 9.90 Å². The molecule has 2 aromatic rings. The van der Waals surface area contributed by atoms with Crippen LogP contribution in [0.3, 0.4) is 0 Å². The average Bonchev–Trinajstić information content (AvgIpc) is 3.24. The molecule has 0 saturated heterocycles. The number of amides is 1. The molecule has 6 nitrogen and oxygen atoms in total. The second kappa shape index (κ2) is 4.56. The summed E-state index contributed by atoms with van der Waals surface area (Å²) in [5.41, 5.74) is 1.36. The van der Waals surface area contributed by atoms with Gasteiger partial charge >= 0.3 is 0 Å². The van der Waals surface area contributed by atoms with Gasteiger partial charge in [-0.15, -0.1) is 0 Å². The lowest BCUT2D eigenvalue weighted by molar-refractivity contribution is 0.0824. The Morgan fingerprint density at radius 2 is 2.30 bits per heavy atom. The minimum absolute atomic E-state index is 0.0529. The van der Waals surface area contributed by atoms with Crippen LogP contribution >= 0.6 is 0 Å². The van der Waals surface area contributed by atoms with Gasteiger partial charge in [0.2, 0.25) is 0 Å². The predicted octanol–water partition coefficient (Wildman–Crippen LogP) is 0.859. The zero-order valence-electron chi connectivity index (χ0n) is 11.6. The third-order valence-corrected chi connectivity index (χ3v) is 4.02. The van der Waals surface area contributed by atoms with E-state index in [4.69, 9.17) is 0 Å². The Labute approximate surface area is 116 Å². The average molecular weight is 274 g/mol. The van der Waals surface area contributed by atoms with E-state index in [1.807, 2.05) is 14.0 Å². The number of nitrogens with zero attached hydrogens (tertiary/aromatic N) is 3. The fraction of sp³-hybridized carbons (Fsp3) is 0.500. The first-order valence-electron chi connectivity index (χ1n) is 6.74. The molecule has 20 heavy (non-hydrogen) atoms. The third kappa shape index (κ3) is 2.16. The molecular formula is C14H18N4O2. The zero-order chi connectivity index (χ0) is 14.3. The lowest BCUT2D eigenvalue weighted by atomic mass is 9.96. The van der Waals surface area contributed by atoms with Gasteiger partial charge in [0.15, 0.2) is 5.65 Å². The van der Waals surface area contributed by atoms with Crippen molar-refractivity contribution in [2.45, 2.75) is 25.3 Å². The number of imidazole rings is 1. The summed E-state index contributed by atoms with van der Waals surface area (Å²) in [7, 11) is 1.86. The Bertz CT molecular complexity index is 662. The van der Waals surface area contributed by atoms with E-state index in [0.29, 0.717) is 17.0 Å². The van der Waals surface area contributed by atoms with E-state index in [0.717, 1.165) is 18.5 Å². The molecule has 0 aromatic carbocycles. The van der Waals surface area contributed by atoms with Crippen molar-refractivity contribution in [3.63, 3.8) is 0 Å². The second-order valence-electron chi connectivity index (χ2n) is 5.73. The van der Waals surface area contributed by atoms with E-state index in [2.05, 4.69) is 15.3 Å². The van der Waals surface area contributed by atoms with Crippen LogP contribution in [0.5, 0.6) is 0 Å². The van der Waals surface area contributed by atoms with Crippen molar-refractivity contribution in [2.75, 3.05) is 6.61 Å². The van der Waals surface area contributed by atoms with Crippen molar-refractivity contribution in [1.82, 2.24) is 19.9 Å². The molecule has 0 radical (unpaired) electrons. The Morgan fingerprint density at radius 3 is 2.95 bits per heavy atom. The highest BCUT2D eigenvalue weighted by Crippen LogP contribution is 2.39. The number of hydrogen-bond donors (Lipinski definition) is 2. The molecule has 2 N–H and O–H groups in total. The summed E-state index contributed by atoms with van der Waals surface area (Å²) in [4.78, 5) is 20.8. The topological polar surface area (TPSA) is 80.0 Å². The van der Waals surface area contributed by atoms with Crippen molar-refractivity contribution in [3.8, 4) is 0 Å². The molecule has 1 saturated carbocycles. The summed E-state index contributed by atoms with van der Waals surface area (Å²) >= 11 is 0. The number of aliphatic hydroxyl groups excluding tert-OH is 1. The van der Waals surface area contributed by atoms with Gasteiger partial charge in [0.25, 0.3) is 5.91 Å².